The SMILES string of the molecule is Cc1cccc(CNCC2(O)CCCCCC2)c1O. The molecule has 3 heteroatoms. The Hall–Kier alpha value is -1.06. The lowest BCUT2D eigenvalue weighted by Crippen LogP contribution is -2.39. The van der Waals surface area contributed by atoms with E-state index in [1.165, 1.54) is 12.8 Å². The molecule has 0 atom stereocenters. The van der Waals surface area contributed by atoms with Gasteiger partial charge in [-0.1, -0.05) is 43.9 Å². The summed E-state index contributed by atoms with van der Waals surface area (Å²) in [6.07, 6.45) is 6.49. The Morgan fingerprint density at radius 2 is 1.84 bits per heavy atom. The fourth-order valence-corrected chi connectivity index (χ4v) is 2.86. The summed E-state index contributed by atoms with van der Waals surface area (Å²) in [7, 11) is 0. The largest absolute Gasteiger partial charge is 0.507 e. The second-order valence-corrected chi connectivity index (χ2v) is 5.82. The minimum absolute atomic E-state index is 0.364. The molecule has 0 radical (unpaired) electrons. The van der Waals surface area contributed by atoms with Gasteiger partial charge in [0, 0.05) is 18.7 Å². The fourth-order valence-electron chi connectivity index (χ4n) is 2.86. The number of nitrogens with one attached hydrogen (secondary N) is 1. The minimum atomic E-state index is -0.560. The van der Waals surface area contributed by atoms with E-state index in [4.69, 9.17) is 0 Å². The van der Waals surface area contributed by atoms with Gasteiger partial charge in [-0.05, 0) is 25.3 Å². The van der Waals surface area contributed by atoms with Gasteiger partial charge in [0.1, 0.15) is 5.75 Å². The maximum atomic E-state index is 10.5. The molecule has 0 amide bonds. The molecule has 0 aromatic heterocycles. The van der Waals surface area contributed by atoms with E-state index in [-0.39, 0.29) is 0 Å². The number of aryl methyl sites for hydroxylation is 1. The summed E-state index contributed by atoms with van der Waals surface area (Å²) in [5, 5.41) is 23.8. The number of rotatable bonds is 4. The van der Waals surface area contributed by atoms with Gasteiger partial charge < -0.3 is 15.5 Å². The molecular formula is C16H25NO2. The monoisotopic (exact) mass is 263 g/mol. The number of hydrogen-bond donors (Lipinski definition) is 3. The van der Waals surface area contributed by atoms with Crippen LogP contribution in [-0.2, 0) is 6.54 Å². The lowest BCUT2D eigenvalue weighted by Gasteiger charge is -2.27. The van der Waals surface area contributed by atoms with Crippen molar-refractivity contribution in [2.24, 2.45) is 0 Å². The minimum Gasteiger partial charge on any atom is -0.507 e. The molecule has 3 nitrogen and oxygen atoms in total. The van der Waals surface area contributed by atoms with Crippen LogP contribution in [0.25, 0.3) is 0 Å². The highest BCUT2D eigenvalue weighted by Gasteiger charge is 2.27. The zero-order valence-electron chi connectivity index (χ0n) is 11.8. The Morgan fingerprint density at radius 1 is 1.16 bits per heavy atom. The van der Waals surface area contributed by atoms with Crippen molar-refractivity contribution >= 4 is 0 Å². The summed E-state index contributed by atoms with van der Waals surface area (Å²) in [5.41, 5.74) is 1.24. The third kappa shape index (κ3) is 3.95. The molecule has 3 N–H and O–H groups in total. The molecule has 0 saturated heterocycles. The van der Waals surface area contributed by atoms with Crippen LogP contribution in [0, 0.1) is 6.92 Å². The molecule has 0 bridgehead atoms. The van der Waals surface area contributed by atoms with Crippen molar-refractivity contribution in [2.75, 3.05) is 6.54 Å². The molecule has 1 aromatic rings. The number of phenols is 1. The van der Waals surface area contributed by atoms with Crippen molar-refractivity contribution in [1.29, 1.82) is 0 Å². The number of para-hydroxylation sites is 1. The average Bonchev–Trinajstić information content (AvgIpc) is 2.60. The molecule has 0 aliphatic heterocycles. The highest BCUT2D eigenvalue weighted by molar-refractivity contribution is 5.39. The molecule has 1 aromatic carbocycles. The smallest absolute Gasteiger partial charge is 0.122 e. The summed E-state index contributed by atoms with van der Waals surface area (Å²) >= 11 is 0. The number of aromatic hydroxyl groups is 1. The molecular weight excluding hydrogens is 238 g/mol. The Balaban J connectivity index is 1.87. The van der Waals surface area contributed by atoms with Crippen molar-refractivity contribution in [2.45, 2.75) is 57.6 Å². The van der Waals surface area contributed by atoms with E-state index in [1.54, 1.807) is 0 Å². The van der Waals surface area contributed by atoms with E-state index in [2.05, 4.69) is 5.32 Å². The first-order valence-electron chi connectivity index (χ1n) is 7.31. The first-order valence-corrected chi connectivity index (χ1v) is 7.31. The van der Waals surface area contributed by atoms with Crippen LogP contribution >= 0.6 is 0 Å². The van der Waals surface area contributed by atoms with Gasteiger partial charge in [0.05, 0.1) is 5.60 Å². The van der Waals surface area contributed by atoms with E-state index in [0.717, 1.165) is 36.8 Å². The van der Waals surface area contributed by atoms with Gasteiger partial charge >= 0.3 is 0 Å². The molecule has 1 fully saturated rings. The third-order valence-electron chi connectivity index (χ3n) is 4.13. The normalized spacial score (nSPS) is 19.1. The molecule has 1 aliphatic carbocycles. The van der Waals surface area contributed by atoms with Crippen molar-refractivity contribution in [1.82, 2.24) is 5.32 Å². The summed E-state index contributed by atoms with van der Waals surface area (Å²) in [4.78, 5) is 0. The number of hydrogen-bond acceptors (Lipinski definition) is 3. The van der Waals surface area contributed by atoms with Gasteiger partial charge in [0.25, 0.3) is 0 Å². The Bertz CT molecular complexity index is 409. The predicted molar refractivity (Wildman–Crippen MR) is 77.2 cm³/mol. The lowest BCUT2D eigenvalue weighted by molar-refractivity contribution is 0.0250. The lowest BCUT2D eigenvalue weighted by atomic mass is 9.94. The molecule has 0 heterocycles. The maximum Gasteiger partial charge on any atom is 0.122 e. The van der Waals surface area contributed by atoms with Gasteiger partial charge in [-0.15, -0.1) is 0 Å². The Morgan fingerprint density at radius 3 is 2.53 bits per heavy atom. The molecule has 2 rings (SSSR count). The van der Waals surface area contributed by atoms with Crippen LogP contribution in [0.5, 0.6) is 5.75 Å². The second-order valence-electron chi connectivity index (χ2n) is 5.82. The zero-order chi connectivity index (χ0) is 13.7. The van der Waals surface area contributed by atoms with E-state index in [1.807, 2.05) is 25.1 Å². The van der Waals surface area contributed by atoms with Crippen LogP contribution in [-0.4, -0.2) is 22.4 Å². The van der Waals surface area contributed by atoms with Crippen LogP contribution < -0.4 is 5.32 Å². The van der Waals surface area contributed by atoms with Crippen molar-refractivity contribution in [3.63, 3.8) is 0 Å². The zero-order valence-corrected chi connectivity index (χ0v) is 11.8. The summed E-state index contributed by atoms with van der Waals surface area (Å²) in [6, 6.07) is 5.77. The maximum absolute atomic E-state index is 10.5. The number of aliphatic hydroxyl groups is 1. The fraction of sp³-hybridized carbons (Fsp3) is 0.625. The summed E-state index contributed by atoms with van der Waals surface area (Å²) in [6.45, 7) is 3.12. The molecule has 1 saturated carbocycles. The molecule has 0 unspecified atom stereocenters. The standard InChI is InChI=1S/C16H25NO2/c1-13-7-6-8-14(15(13)18)11-17-12-16(19)9-4-2-3-5-10-16/h6-8,17-19H,2-5,9-12H2,1H3. The van der Waals surface area contributed by atoms with E-state index >= 15 is 0 Å². The highest BCUT2D eigenvalue weighted by atomic mass is 16.3. The Kier molecular flexibility index (Phi) is 4.83. The highest BCUT2D eigenvalue weighted by Crippen LogP contribution is 2.27. The van der Waals surface area contributed by atoms with Crippen LogP contribution in [0.4, 0.5) is 0 Å². The van der Waals surface area contributed by atoms with Gasteiger partial charge in [-0.25, -0.2) is 0 Å². The number of phenolic OH excluding ortho intramolecular Hbond substituents is 1. The van der Waals surface area contributed by atoms with Crippen LogP contribution in [0.1, 0.15) is 49.7 Å². The predicted octanol–water partition coefficient (Wildman–Crippen LogP) is 2.88. The van der Waals surface area contributed by atoms with E-state index in [9.17, 15) is 10.2 Å². The van der Waals surface area contributed by atoms with E-state index < -0.39 is 5.60 Å². The van der Waals surface area contributed by atoms with E-state index in [0.29, 0.717) is 18.8 Å². The topological polar surface area (TPSA) is 52.5 Å². The third-order valence-corrected chi connectivity index (χ3v) is 4.13. The van der Waals surface area contributed by atoms with Crippen molar-refractivity contribution < 1.29 is 10.2 Å². The molecule has 1 aliphatic rings. The summed E-state index contributed by atoms with van der Waals surface area (Å²) < 4.78 is 0. The first kappa shape index (κ1) is 14.4. The van der Waals surface area contributed by atoms with Crippen molar-refractivity contribution in [3.8, 4) is 5.75 Å². The Labute approximate surface area is 115 Å². The van der Waals surface area contributed by atoms with Crippen LogP contribution in [0.2, 0.25) is 0 Å². The second kappa shape index (κ2) is 6.40. The van der Waals surface area contributed by atoms with Gasteiger partial charge in [-0.3, -0.25) is 0 Å². The van der Waals surface area contributed by atoms with Gasteiger partial charge in [0.2, 0.25) is 0 Å². The van der Waals surface area contributed by atoms with Crippen LogP contribution in [0.3, 0.4) is 0 Å². The van der Waals surface area contributed by atoms with Crippen molar-refractivity contribution in [3.05, 3.63) is 29.3 Å². The number of benzene rings is 1. The average molecular weight is 263 g/mol. The van der Waals surface area contributed by atoms with Gasteiger partial charge in [0.15, 0.2) is 0 Å². The summed E-state index contributed by atoms with van der Waals surface area (Å²) in [5.74, 6) is 0.364. The molecule has 0 spiro atoms. The first-order chi connectivity index (χ1) is 9.11. The van der Waals surface area contributed by atoms with Gasteiger partial charge in [-0.2, -0.15) is 0 Å². The molecule has 19 heavy (non-hydrogen) atoms. The quantitative estimate of drug-likeness (QED) is 0.732. The molecule has 106 valence electrons. The van der Waals surface area contributed by atoms with Crippen LogP contribution in [0.15, 0.2) is 18.2 Å².